The van der Waals surface area contributed by atoms with Crippen molar-refractivity contribution in [3.63, 3.8) is 0 Å². The number of nitrogens with zero attached hydrogens (tertiary/aromatic N) is 1. The second-order valence-electron chi connectivity index (χ2n) is 4.65. The monoisotopic (exact) mass is 194 g/mol. The summed E-state index contributed by atoms with van der Waals surface area (Å²) in [5.41, 5.74) is 0. The standard InChI is InChI=1S/C12H22N2/c1-2-6-11(7-3-1)14-10-12-8-4-5-9-13-12/h10-13H,1-9H2. The van der Waals surface area contributed by atoms with Gasteiger partial charge in [0.1, 0.15) is 0 Å². The highest BCUT2D eigenvalue weighted by atomic mass is 14.9. The maximum absolute atomic E-state index is 4.72. The second-order valence-corrected chi connectivity index (χ2v) is 4.65. The molecule has 0 radical (unpaired) electrons. The molecule has 0 aromatic carbocycles. The minimum Gasteiger partial charge on any atom is -0.309 e. The van der Waals surface area contributed by atoms with Crippen LogP contribution in [0.1, 0.15) is 51.4 Å². The fourth-order valence-corrected chi connectivity index (χ4v) is 2.46. The lowest BCUT2D eigenvalue weighted by Crippen LogP contribution is -2.35. The molecule has 1 aliphatic carbocycles. The van der Waals surface area contributed by atoms with E-state index in [1.807, 2.05) is 0 Å². The van der Waals surface area contributed by atoms with Crippen molar-refractivity contribution in [1.82, 2.24) is 5.32 Å². The predicted molar refractivity (Wildman–Crippen MR) is 61.0 cm³/mol. The molecular weight excluding hydrogens is 172 g/mol. The second kappa shape index (κ2) is 5.50. The summed E-state index contributed by atoms with van der Waals surface area (Å²) in [5.74, 6) is 0. The van der Waals surface area contributed by atoms with Crippen LogP contribution < -0.4 is 5.32 Å². The molecule has 1 N–H and O–H groups in total. The van der Waals surface area contributed by atoms with Gasteiger partial charge < -0.3 is 5.32 Å². The summed E-state index contributed by atoms with van der Waals surface area (Å²) in [6.45, 7) is 1.18. The van der Waals surface area contributed by atoms with E-state index in [1.54, 1.807) is 0 Å². The van der Waals surface area contributed by atoms with Gasteiger partial charge in [0, 0.05) is 18.3 Å². The highest BCUT2D eigenvalue weighted by molar-refractivity contribution is 5.64. The molecule has 1 heterocycles. The lowest BCUT2D eigenvalue weighted by atomic mass is 9.96. The first-order valence-corrected chi connectivity index (χ1v) is 6.22. The molecule has 1 saturated carbocycles. The number of piperidine rings is 1. The Bertz CT molecular complexity index is 157. The molecule has 14 heavy (non-hydrogen) atoms. The summed E-state index contributed by atoms with van der Waals surface area (Å²) in [4.78, 5) is 4.72. The third-order valence-corrected chi connectivity index (χ3v) is 3.40. The van der Waals surface area contributed by atoms with Crippen LogP contribution in [0.4, 0.5) is 0 Å². The van der Waals surface area contributed by atoms with Crippen LogP contribution in [0, 0.1) is 0 Å². The predicted octanol–water partition coefficient (Wildman–Crippen LogP) is 2.53. The molecule has 2 aliphatic rings. The van der Waals surface area contributed by atoms with Gasteiger partial charge in [-0.3, -0.25) is 4.99 Å². The third kappa shape index (κ3) is 3.09. The Balaban J connectivity index is 1.73. The SMILES string of the molecule is C(=NC1CCCCC1)C1CCCCN1. The van der Waals surface area contributed by atoms with Crippen molar-refractivity contribution in [3.05, 3.63) is 0 Å². The summed E-state index contributed by atoms with van der Waals surface area (Å²) in [7, 11) is 0. The van der Waals surface area contributed by atoms with Crippen molar-refractivity contribution in [2.24, 2.45) is 4.99 Å². The fraction of sp³-hybridized carbons (Fsp3) is 0.917. The van der Waals surface area contributed by atoms with E-state index < -0.39 is 0 Å². The minimum absolute atomic E-state index is 0.575. The number of rotatable bonds is 2. The quantitative estimate of drug-likeness (QED) is 0.671. The van der Waals surface area contributed by atoms with Crippen LogP contribution in [0.15, 0.2) is 4.99 Å². The van der Waals surface area contributed by atoms with Crippen LogP contribution in [-0.4, -0.2) is 24.8 Å². The highest BCUT2D eigenvalue weighted by Crippen LogP contribution is 2.20. The molecule has 1 unspecified atom stereocenters. The van der Waals surface area contributed by atoms with Crippen LogP contribution in [0.2, 0.25) is 0 Å². The molecule has 1 saturated heterocycles. The topological polar surface area (TPSA) is 24.4 Å². The van der Waals surface area contributed by atoms with Gasteiger partial charge in [0.2, 0.25) is 0 Å². The van der Waals surface area contributed by atoms with Gasteiger partial charge in [-0.15, -0.1) is 0 Å². The van der Waals surface area contributed by atoms with Crippen molar-refractivity contribution >= 4 is 6.21 Å². The Hall–Kier alpha value is -0.370. The molecule has 0 bridgehead atoms. The van der Waals surface area contributed by atoms with Crippen LogP contribution in [-0.2, 0) is 0 Å². The first-order valence-electron chi connectivity index (χ1n) is 6.22. The fourth-order valence-electron chi connectivity index (χ4n) is 2.46. The zero-order chi connectivity index (χ0) is 9.64. The normalized spacial score (nSPS) is 31.0. The van der Waals surface area contributed by atoms with Gasteiger partial charge in [-0.05, 0) is 32.2 Å². The van der Waals surface area contributed by atoms with E-state index in [9.17, 15) is 0 Å². The zero-order valence-electron chi connectivity index (χ0n) is 9.04. The number of hydrogen-bond acceptors (Lipinski definition) is 2. The number of aliphatic imine (C=N–C) groups is 1. The van der Waals surface area contributed by atoms with E-state index in [1.165, 1.54) is 57.9 Å². The molecule has 80 valence electrons. The first-order chi connectivity index (χ1) is 6.95. The summed E-state index contributed by atoms with van der Waals surface area (Å²) in [5, 5.41) is 3.51. The van der Waals surface area contributed by atoms with Crippen LogP contribution in [0.25, 0.3) is 0 Å². The maximum atomic E-state index is 4.72. The van der Waals surface area contributed by atoms with Gasteiger partial charge in [-0.2, -0.15) is 0 Å². The largest absolute Gasteiger partial charge is 0.309 e. The van der Waals surface area contributed by atoms with Crippen molar-refractivity contribution in [3.8, 4) is 0 Å². The molecule has 0 spiro atoms. The average molecular weight is 194 g/mol. The van der Waals surface area contributed by atoms with Gasteiger partial charge in [0.05, 0.1) is 0 Å². The zero-order valence-corrected chi connectivity index (χ0v) is 9.04. The van der Waals surface area contributed by atoms with Gasteiger partial charge in [0.25, 0.3) is 0 Å². The number of hydrogen-bond donors (Lipinski definition) is 1. The molecule has 2 nitrogen and oxygen atoms in total. The van der Waals surface area contributed by atoms with Gasteiger partial charge in [0.15, 0.2) is 0 Å². The third-order valence-electron chi connectivity index (χ3n) is 3.40. The lowest BCUT2D eigenvalue weighted by Gasteiger charge is -2.22. The Morgan fingerprint density at radius 1 is 0.929 bits per heavy atom. The van der Waals surface area contributed by atoms with Crippen LogP contribution in [0.5, 0.6) is 0 Å². The Morgan fingerprint density at radius 3 is 2.43 bits per heavy atom. The van der Waals surface area contributed by atoms with Crippen molar-refractivity contribution in [1.29, 1.82) is 0 Å². The van der Waals surface area contributed by atoms with E-state index in [4.69, 9.17) is 4.99 Å². The molecule has 2 rings (SSSR count). The Labute approximate surface area is 87.2 Å². The van der Waals surface area contributed by atoms with Gasteiger partial charge >= 0.3 is 0 Å². The number of nitrogens with one attached hydrogen (secondary N) is 1. The minimum atomic E-state index is 0.575. The lowest BCUT2D eigenvalue weighted by molar-refractivity contribution is 0.437. The van der Waals surface area contributed by atoms with E-state index >= 15 is 0 Å². The molecule has 0 aromatic rings. The van der Waals surface area contributed by atoms with Crippen LogP contribution >= 0.6 is 0 Å². The summed E-state index contributed by atoms with van der Waals surface area (Å²) < 4.78 is 0. The molecule has 1 atom stereocenters. The molecule has 2 heteroatoms. The van der Waals surface area contributed by atoms with Gasteiger partial charge in [-0.25, -0.2) is 0 Å². The van der Waals surface area contributed by atoms with Crippen molar-refractivity contribution in [2.45, 2.75) is 63.5 Å². The van der Waals surface area contributed by atoms with Crippen molar-refractivity contribution in [2.75, 3.05) is 6.54 Å². The highest BCUT2D eigenvalue weighted by Gasteiger charge is 2.13. The summed E-state index contributed by atoms with van der Waals surface area (Å²) >= 11 is 0. The van der Waals surface area contributed by atoms with E-state index in [-0.39, 0.29) is 0 Å². The molecule has 2 fully saturated rings. The molecular formula is C12H22N2. The van der Waals surface area contributed by atoms with Crippen LogP contribution in [0.3, 0.4) is 0 Å². The smallest absolute Gasteiger partial charge is 0.0496 e. The molecule has 0 amide bonds. The van der Waals surface area contributed by atoms with E-state index in [0.717, 1.165) is 0 Å². The Kier molecular flexibility index (Phi) is 3.99. The van der Waals surface area contributed by atoms with E-state index in [2.05, 4.69) is 11.5 Å². The summed E-state index contributed by atoms with van der Waals surface area (Å²) in [6.07, 6.45) is 13.0. The molecule has 0 aromatic heterocycles. The van der Waals surface area contributed by atoms with Crippen molar-refractivity contribution < 1.29 is 0 Å². The maximum Gasteiger partial charge on any atom is 0.0496 e. The van der Waals surface area contributed by atoms with E-state index in [0.29, 0.717) is 12.1 Å². The first kappa shape index (κ1) is 10.2. The average Bonchev–Trinajstić information content (AvgIpc) is 2.29. The van der Waals surface area contributed by atoms with Gasteiger partial charge in [-0.1, -0.05) is 25.7 Å². The molecule has 1 aliphatic heterocycles. The summed E-state index contributed by atoms with van der Waals surface area (Å²) in [6, 6.07) is 1.22. The Morgan fingerprint density at radius 2 is 1.71 bits per heavy atom.